The summed E-state index contributed by atoms with van der Waals surface area (Å²) >= 11 is 0. The summed E-state index contributed by atoms with van der Waals surface area (Å²) in [6.07, 6.45) is 7.69. The second-order valence-electron chi connectivity index (χ2n) is 4.77. The van der Waals surface area contributed by atoms with Gasteiger partial charge in [0.05, 0.1) is 13.3 Å². The van der Waals surface area contributed by atoms with E-state index in [2.05, 4.69) is 15.2 Å². The van der Waals surface area contributed by atoms with E-state index in [1.165, 1.54) is 37.9 Å². The van der Waals surface area contributed by atoms with Gasteiger partial charge < -0.3 is 15.0 Å². The number of rotatable bonds is 6. The summed E-state index contributed by atoms with van der Waals surface area (Å²) in [6.45, 7) is 5.55. The van der Waals surface area contributed by atoms with Crippen molar-refractivity contribution in [2.24, 2.45) is 0 Å². The Hall–Kier alpha value is -1.13. The van der Waals surface area contributed by atoms with Gasteiger partial charge >= 0.3 is 0 Å². The summed E-state index contributed by atoms with van der Waals surface area (Å²) in [5, 5.41) is 3.47. The minimum Gasteiger partial charge on any atom is -0.495 e. The molecule has 1 saturated heterocycles. The van der Waals surface area contributed by atoms with Crippen molar-refractivity contribution in [3.8, 4) is 5.75 Å². The van der Waals surface area contributed by atoms with Crippen LogP contribution in [0.25, 0.3) is 0 Å². The Morgan fingerprint density at radius 3 is 2.94 bits per heavy atom. The largest absolute Gasteiger partial charge is 0.495 e. The molecule has 0 aliphatic carbocycles. The van der Waals surface area contributed by atoms with Crippen molar-refractivity contribution < 1.29 is 4.74 Å². The molecule has 4 heteroatoms. The number of nitrogens with one attached hydrogen (secondary N) is 1. The molecule has 1 aromatic heterocycles. The molecule has 1 aliphatic rings. The summed E-state index contributed by atoms with van der Waals surface area (Å²) in [4.78, 5) is 6.60. The van der Waals surface area contributed by atoms with Gasteiger partial charge in [-0.2, -0.15) is 0 Å². The Morgan fingerprint density at radius 1 is 1.33 bits per heavy atom. The van der Waals surface area contributed by atoms with Crippen LogP contribution in [-0.4, -0.2) is 43.2 Å². The maximum atomic E-state index is 5.28. The second kappa shape index (κ2) is 7.34. The molecule has 0 atom stereocenters. The van der Waals surface area contributed by atoms with Gasteiger partial charge in [0.25, 0.3) is 0 Å². The van der Waals surface area contributed by atoms with Crippen molar-refractivity contribution in [3.63, 3.8) is 0 Å². The van der Waals surface area contributed by atoms with E-state index < -0.39 is 0 Å². The van der Waals surface area contributed by atoms with Crippen LogP contribution in [0.2, 0.25) is 0 Å². The first kappa shape index (κ1) is 13.3. The highest BCUT2D eigenvalue weighted by molar-refractivity contribution is 5.29. The fourth-order valence-electron chi connectivity index (χ4n) is 2.38. The van der Waals surface area contributed by atoms with Crippen molar-refractivity contribution in [2.45, 2.75) is 25.8 Å². The second-order valence-corrected chi connectivity index (χ2v) is 4.77. The Kier molecular flexibility index (Phi) is 5.42. The first-order valence-corrected chi connectivity index (χ1v) is 6.80. The smallest absolute Gasteiger partial charge is 0.141 e. The van der Waals surface area contributed by atoms with Gasteiger partial charge in [0.2, 0.25) is 0 Å². The molecule has 18 heavy (non-hydrogen) atoms. The summed E-state index contributed by atoms with van der Waals surface area (Å²) in [5.41, 5.74) is 1.17. The highest BCUT2D eigenvalue weighted by atomic mass is 16.5. The van der Waals surface area contributed by atoms with Gasteiger partial charge in [-0.3, -0.25) is 4.98 Å². The molecule has 0 bridgehead atoms. The normalized spacial score (nSPS) is 16.7. The van der Waals surface area contributed by atoms with E-state index in [-0.39, 0.29) is 0 Å². The van der Waals surface area contributed by atoms with Crippen LogP contribution in [0.4, 0.5) is 0 Å². The number of methoxy groups -OCH3 is 1. The van der Waals surface area contributed by atoms with Crippen molar-refractivity contribution in [3.05, 3.63) is 24.0 Å². The Morgan fingerprint density at radius 2 is 2.17 bits per heavy atom. The predicted molar refractivity (Wildman–Crippen MR) is 72.8 cm³/mol. The maximum Gasteiger partial charge on any atom is 0.141 e. The lowest BCUT2D eigenvalue weighted by molar-refractivity contribution is 0.229. The van der Waals surface area contributed by atoms with E-state index in [9.17, 15) is 0 Å². The zero-order valence-electron chi connectivity index (χ0n) is 11.2. The van der Waals surface area contributed by atoms with Crippen molar-refractivity contribution in [1.29, 1.82) is 0 Å². The SMILES string of the molecule is COc1cnccc1CNCCN1CCCCC1. The van der Waals surface area contributed by atoms with E-state index in [0.29, 0.717) is 0 Å². The molecule has 0 spiro atoms. The van der Waals surface area contributed by atoms with E-state index in [1.54, 1.807) is 13.3 Å². The van der Waals surface area contributed by atoms with Crippen molar-refractivity contribution in [1.82, 2.24) is 15.2 Å². The topological polar surface area (TPSA) is 37.4 Å². The van der Waals surface area contributed by atoms with E-state index >= 15 is 0 Å². The summed E-state index contributed by atoms with van der Waals surface area (Å²) in [6, 6.07) is 2.01. The molecule has 0 saturated carbocycles. The third-order valence-corrected chi connectivity index (χ3v) is 3.46. The maximum absolute atomic E-state index is 5.28. The summed E-state index contributed by atoms with van der Waals surface area (Å²) in [5.74, 6) is 0.864. The molecule has 1 fully saturated rings. The third-order valence-electron chi connectivity index (χ3n) is 3.46. The Balaban J connectivity index is 1.68. The van der Waals surface area contributed by atoms with Gasteiger partial charge in [-0.25, -0.2) is 0 Å². The fraction of sp³-hybridized carbons (Fsp3) is 0.643. The molecule has 0 unspecified atom stereocenters. The number of ether oxygens (including phenoxy) is 1. The minimum absolute atomic E-state index is 0.847. The third kappa shape index (κ3) is 3.96. The lowest BCUT2D eigenvalue weighted by Crippen LogP contribution is -2.35. The molecule has 100 valence electrons. The molecule has 0 radical (unpaired) electrons. The van der Waals surface area contributed by atoms with E-state index in [1.807, 2.05) is 12.3 Å². The average Bonchev–Trinajstić information content (AvgIpc) is 2.45. The van der Waals surface area contributed by atoms with Crippen LogP contribution in [-0.2, 0) is 6.54 Å². The zero-order valence-corrected chi connectivity index (χ0v) is 11.2. The molecular weight excluding hydrogens is 226 g/mol. The van der Waals surface area contributed by atoms with E-state index in [4.69, 9.17) is 4.74 Å². The highest BCUT2D eigenvalue weighted by Crippen LogP contribution is 2.14. The van der Waals surface area contributed by atoms with Crippen LogP contribution in [0.15, 0.2) is 18.5 Å². The monoisotopic (exact) mass is 249 g/mol. The number of pyridine rings is 1. The molecule has 0 amide bonds. The lowest BCUT2D eigenvalue weighted by Gasteiger charge is -2.26. The molecule has 1 aliphatic heterocycles. The van der Waals surface area contributed by atoms with Gasteiger partial charge in [-0.15, -0.1) is 0 Å². The van der Waals surface area contributed by atoms with Crippen LogP contribution in [0.1, 0.15) is 24.8 Å². The number of piperidine rings is 1. The highest BCUT2D eigenvalue weighted by Gasteiger charge is 2.09. The van der Waals surface area contributed by atoms with Crippen LogP contribution >= 0.6 is 0 Å². The number of likely N-dealkylation sites (tertiary alicyclic amines) is 1. The van der Waals surface area contributed by atoms with Crippen LogP contribution in [0.5, 0.6) is 5.75 Å². The van der Waals surface area contributed by atoms with Gasteiger partial charge in [-0.1, -0.05) is 6.42 Å². The number of hydrogen-bond acceptors (Lipinski definition) is 4. The van der Waals surface area contributed by atoms with Crippen LogP contribution in [0.3, 0.4) is 0 Å². The summed E-state index contributed by atoms with van der Waals surface area (Å²) in [7, 11) is 1.69. The minimum atomic E-state index is 0.847. The Labute approximate surface area is 109 Å². The molecule has 2 heterocycles. The van der Waals surface area contributed by atoms with E-state index in [0.717, 1.165) is 25.4 Å². The van der Waals surface area contributed by atoms with Crippen molar-refractivity contribution in [2.75, 3.05) is 33.3 Å². The molecular formula is C14H23N3O. The fourth-order valence-corrected chi connectivity index (χ4v) is 2.38. The van der Waals surface area contributed by atoms with Crippen LogP contribution in [0, 0.1) is 0 Å². The number of aromatic nitrogens is 1. The standard InChI is InChI=1S/C14H23N3O/c1-18-14-12-15-6-5-13(14)11-16-7-10-17-8-3-2-4-9-17/h5-6,12,16H,2-4,7-11H2,1H3. The van der Waals surface area contributed by atoms with Gasteiger partial charge in [-0.05, 0) is 32.0 Å². The molecule has 1 aromatic rings. The van der Waals surface area contributed by atoms with Gasteiger partial charge in [0, 0.05) is 31.4 Å². The first-order chi connectivity index (χ1) is 8.90. The predicted octanol–water partition coefficient (Wildman–Crippen LogP) is 1.67. The number of nitrogens with zero attached hydrogens (tertiary/aromatic N) is 2. The average molecular weight is 249 g/mol. The lowest BCUT2D eigenvalue weighted by atomic mass is 10.1. The van der Waals surface area contributed by atoms with Crippen molar-refractivity contribution >= 4 is 0 Å². The first-order valence-electron chi connectivity index (χ1n) is 6.80. The van der Waals surface area contributed by atoms with Crippen LogP contribution < -0.4 is 10.1 Å². The zero-order chi connectivity index (χ0) is 12.6. The molecule has 0 aromatic carbocycles. The molecule has 1 N–H and O–H groups in total. The van der Waals surface area contributed by atoms with Gasteiger partial charge in [0.15, 0.2) is 0 Å². The Bertz CT molecular complexity index is 351. The number of hydrogen-bond donors (Lipinski definition) is 1. The quantitative estimate of drug-likeness (QED) is 0.778. The molecule has 4 nitrogen and oxygen atoms in total. The molecule has 2 rings (SSSR count). The summed E-state index contributed by atoms with van der Waals surface area (Å²) < 4.78 is 5.28. The van der Waals surface area contributed by atoms with Gasteiger partial charge in [0.1, 0.15) is 5.75 Å².